The molecule has 46 heavy (non-hydrogen) atoms. The van der Waals surface area contributed by atoms with Crippen molar-refractivity contribution in [2.45, 2.75) is 58.9 Å². The van der Waals surface area contributed by atoms with E-state index in [4.69, 9.17) is 16.3 Å². The number of nitrogens with zero attached hydrogens (tertiary/aromatic N) is 4. The summed E-state index contributed by atoms with van der Waals surface area (Å²) in [7, 11) is 0. The number of rotatable bonds is 8. The fraction of sp³-hybridized carbons (Fsp3) is 0.333. The van der Waals surface area contributed by atoms with Crippen LogP contribution >= 0.6 is 11.6 Å². The van der Waals surface area contributed by atoms with E-state index in [-0.39, 0.29) is 17.4 Å². The molecule has 4 amide bonds. The van der Waals surface area contributed by atoms with Crippen molar-refractivity contribution in [1.29, 1.82) is 0 Å². The predicted octanol–water partition coefficient (Wildman–Crippen LogP) is 7.01. The lowest BCUT2D eigenvalue weighted by molar-refractivity contribution is -0.137. The average molecular weight is 661 g/mol. The van der Waals surface area contributed by atoms with Gasteiger partial charge in [0, 0.05) is 17.1 Å². The molecule has 2 aromatic carbocycles. The second kappa shape index (κ2) is 13.6. The highest BCUT2D eigenvalue weighted by Gasteiger charge is 2.33. The third-order valence-corrected chi connectivity index (χ3v) is 6.55. The van der Waals surface area contributed by atoms with E-state index >= 15 is 0 Å². The number of imidazole rings is 1. The lowest BCUT2D eigenvalue weighted by Gasteiger charge is -2.24. The molecule has 0 unspecified atom stereocenters. The van der Waals surface area contributed by atoms with Crippen LogP contribution in [0.15, 0.2) is 55.1 Å². The van der Waals surface area contributed by atoms with Crippen molar-refractivity contribution in [1.82, 2.24) is 24.8 Å². The molecule has 16 heteroatoms. The van der Waals surface area contributed by atoms with Crippen molar-refractivity contribution in [3.05, 3.63) is 65.7 Å². The van der Waals surface area contributed by atoms with Gasteiger partial charge in [-0.05, 0) is 75.6 Å². The fourth-order valence-corrected chi connectivity index (χ4v) is 4.52. The summed E-state index contributed by atoms with van der Waals surface area (Å²) >= 11 is 5.63. The number of carbonyl (C=O) groups excluding carboxylic acids is 3. The number of urea groups is 1. The number of nitrogens with one attached hydrogen (secondary N) is 4. The molecule has 0 aliphatic rings. The monoisotopic (exact) mass is 660 g/mol. The smallest absolute Gasteiger partial charge is 0.417 e. The predicted molar refractivity (Wildman–Crippen MR) is 167 cm³/mol. The number of ether oxygens (including phenoxy) is 1. The Bertz CT molecular complexity index is 1740. The molecule has 4 rings (SSSR count). The Kier molecular flexibility index (Phi) is 10.0. The Morgan fingerprint density at radius 1 is 0.935 bits per heavy atom. The van der Waals surface area contributed by atoms with E-state index in [0.29, 0.717) is 29.0 Å². The van der Waals surface area contributed by atoms with Crippen LogP contribution in [-0.4, -0.2) is 49.2 Å². The normalized spacial score (nSPS) is 12.5. The van der Waals surface area contributed by atoms with Gasteiger partial charge in [-0.25, -0.2) is 24.5 Å². The van der Waals surface area contributed by atoms with Crippen LogP contribution in [0.5, 0.6) is 0 Å². The summed E-state index contributed by atoms with van der Waals surface area (Å²) < 4.78 is 46.4. The molecular formula is C30H32ClF3N8O4. The molecule has 0 aliphatic carbocycles. The Hall–Kier alpha value is -4.92. The summed E-state index contributed by atoms with van der Waals surface area (Å²) in [5.41, 5.74) is -0.283. The summed E-state index contributed by atoms with van der Waals surface area (Å²) in [6, 6.07) is 7.86. The average Bonchev–Trinajstić information content (AvgIpc) is 3.37. The first kappa shape index (κ1) is 34.0. The highest BCUT2D eigenvalue weighted by atomic mass is 35.5. The summed E-state index contributed by atoms with van der Waals surface area (Å²) in [4.78, 5) is 50.9. The van der Waals surface area contributed by atoms with Gasteiger partial charge in [-0.2, -0.15) is 13.2 Å². The highest BCUT2D eigenvalue weighted by Crippen LogP contribution is 2.36. The molecule has 244 valence electrons. The molecule has 0 saturated carbocycles. The van der Waals surface area contributed by atoms with Gasteiger partial charge in [-0.15, -0.1) is 0 Å². The second-order valence-corrected chi connectivity index (χ2v) is 12.1. The van der Waals surface area contributed by atoms with Crippen LogP contribution in [0.2, 0.25) is 5.02 Å². The van der Waals surface area contributed by atoms with E-state index in [0.717, 1.165) is 12.1 Å². The van der Waals surface area contributed by atoms with Gasteiger partial charge in [0.25, 0.3) is 0 Å². The van der Waals surface area contributed by atoms with Crippen molar-refractivity contribution in [2.75, 3.05) is 16.0 Å². The van der Waals surface area contributed by atoms with Crippen molar-refractivity contribution in [3.63, 3.8) is 0 Å². The second-order valence-electron chi connectivity index (χ2n) is 11.6. The van der Waals surface area contributed by atoms with Crippen LogP contribution in [-0.2, 0) is 15.7 Å². The Labute approximate surface area is 267 Å². The zero-order valence-electron chi connectivity index (χ0n) is 25.5. The quantitative estimate of drug-likeness (QED) is 0.159. The molecular weight excluding hydrogens is 629 g/mol. The minimum Gasteiger partial charge on any atom is -0.444 e. The Morgan fingerprint density at radius 2 is 1.59 bits per heavy atom. The van der Waals surface area contributed by atoms with Crippen LogP contribution in [0.3, 0.4) is 0 Å². The van der Waals surface area contributed by atoms with E-state index in [1.165, 1.54) is 18.7 Å². The van der Waals surface area contributed by atoms with Gasteiger partial charge in [0.15, 0.2) is 17.0 Å². The summed E-state index contributed by atoms with van der Waals surface area (Å²) in [6.45, 7) is 9.00. The van der Waals surface area contributed by atoms with Crippen LogP contribution in [0.1, 0.15) is 46.6 Å². The lowest BCUT2D eigenvalue weighted by atomic mass is 10.0. The number of halogens is 4. The molecule has 0 bridgehead atoms. The Balaban J connectivity index is 1.46. The summed E-state index contributed by atoms with van der Waals surface area (Å²) in [6.07, 6.45) is -2.31. The molecule has 12 nitrogen and oxygen atoms in total. The molecule has 0 spiro atoms. The van der Waals surface area contributed by atoms with Gasteiger partial charge in [0.05, 0.1) is 10.6 Å². The van der Waals surface area contributed by atoms with Crippen LogP contribution in [0.4, 0.5) is 40.0 Å². The topological polar surface area (TPSA) is 152 Å². The van der Waals surface area contributed by atoms with Gasteiger partial charge >= 0.3 is 18.3 Å². The van der Waals surface area contributed by atoms with Gasteiger partial charge in [-0.1, -0.05) is 25.4 Å². The van der Waals surface area contributed by atoms with E-state index in [1.807, 2.05) is 13.8 Å². The molecule has 0 saturated heterocycles. The van der Waals surface area contributed by atoms with Crippen molar-refractivity contribution in [3.8, 4) is 5.69 Å². The SMILES string of the molecule is CC(C)C[C@H](NC(=O)OC(C)(C)C)C(=O)Nc1ncnc2c1ncn2-c1ccc(NC(=O)Nc2ccc(Cl)c(C(F)(F)F)c2)cc1. The van der Waals surface area contributed by atoms with Crippen LogP contribution < -0.4 is 21.3 Å². The molecule has 4 N–H and O–H groups in total. The molecule has 0 fully saturated rings. The zero-order valence-corrected chi connectivity index (χ0v) is 26.2. The molecule has 2 aromatic heterocycles. The van der Waals surface area contributed by atoms with Gasteiger partial charge in [0.2, 0.25) is 5.91 Å². The first-order chi connectivity index (χ1) is 21.5. The van der Waals surface area contributed by atoms with Crippen LogP contribution in [0.25, 0.3) is 16.9 Å². The van der Waals surface area contributed by atoms with Gasteiger partial charge in [-0.3, -0.25) is 9.36 Å². The molecule has 2 heterocycles. The van der Waals surface area contributed by atoms with Crippen LogP contribution in [0, 0.1) is 5.92 Å². The molecule has 0 radical (unpaired) electrons. The van der Waals surface area contributed by atoms with Gasteiger partial charge < -0.3 is 26.0 Å². The molecule has 4 aromatic rings. The maximum Gasteiger partial charge on any atom is 0.417 e. The minimum atomic E-state index is -4.68. The largest absolute Gasteiger partial charge is 0.444 e. The number of anilines is 3. The first-order valence-corrected chi connectivity index (χ1v) is 14.4. The highest BCUT2D eigenvalue weighted by molar-refractivity contribution is 6.31. The number of hydrogen-bond donors (Lipinski definition) is 4. The van der Waals surface area contributed by atoms with E-state index < -0.39 is 46.4 Å². The van der Waals surface area contributed by atoms with Gasteiger partial charge in [0.1, 0.15) is 24.3 Å². The third kappa shape index (κ3) is 8.84. The van der Waals surface area contributed by atoms with Crippen molar-refractivity contribution >= 4 is 58.0 Å². The number of alkyl carbamates (subject to hydrolysis) is 1. The van der Waals surface area contributed by atoms with Crippen molar-refractivity contribution in [2.24, 2.45) is 5.92 Å². The zero-order chi connectivity index (χ0) is 33.8. The summed E-state index contributed by atoms with van der Waals surface area (Å²) in [5, 5.41) is 9.77. The molecule has 1 atom stereocenters. The number of carbonyl (C=O) groups is 3. The Morgan fingerprint density at radius 3 is 2.22 bits per heavy atom. The minimum absolute atomic E-state index is 0.0820. The number of hydrogen-bond acceptors (Lipinski definition) is 7. The van der Waals surface area contributed by atoms with E-state index in [9.17, 15) is 27.6 Å². The standard InChI is InChI=1S/C30H32ClF3N8O4/c1-16(2)12-22(40-28(45)46-29(3,4)5)26(43)41-24-23-25(36-14-35-24)42(15-37-23)19-9-6-17(7-10-19)38-27(44)39-18-8-11-21(31)20(13-18)30(32,33)34/h6-11,13-16,22H,12H2,1-5H3,(H,40,45)(H2,38,39,44)(H,35,36,41,43)/t22-/m0/s1. The van der Waals surface area contributed by atoms with E-state index in [2.05, 4.69) is 36.2 Å². The number of alkyl halides is 3. The summed E-state index contributed by atoms with van der Waals surface area (Å²) in [5.74, 6) is -0.283. The number of aromatic nitrogens is 4. The number of fused-ring (bicyclic) bond motifs is 1. The first-order valence-electron chi connectivity index (χ1n) is 14.0. The third-order valence-electron chi connectivity index (χ3n) is 6.22. The molecule has 0 aliphatic heterocycles. The maximum atomic E-state index is 13.2. The van der Waals surface area contributed by atoms with E-state index in [1.54, 1.807) is 49.6 Å². The van der Waals surface area contributed by atoms with Crippen molar-refractivity contribution < 1.29 is 32.3 Å². The fourth-order valence-electron chi connectivity index (χ4n) is 4.29. The number of benzene rings is 2. The number of amides is 4. The maximum absolute atomic E-state index is 13.2. The lowest BCUT2D eigenvalue weighted by Crippen LogP contribution is -2.46.